The van der Waals surface area contributed by atoms with Gasteiger partial charge in [0.15, 0.2) is 5.84 Å². The van der Waals surface area contributed by atoms with E-state index in [-0.39, 0.29) is 24.0 Å². The summed E-state index contributed by atoms with van der Waals surface area (Å²) in [6.45, 7) is 1.97. The second-order valence-electron chi connectivity index (χ2n) is 4.94. The highest BCUT2D eigenvalue weighted by molar-refractivity contribution is 5.99. The molecular formula is C14H19N3O3. The lowest BCUT2D eigenvalue weighted by atomic mass is 10.1. The Kier molecular flexibility index (Phi) is 4.24. The van der Waals surface area contributed by atoms with Gasteiger partial charge in [0, 0.05) is 18.3 Å². The number of anilines is 1. The third-order valence-corrected chi connectivity index (χ3v) is 3.50. The molecule has 1 aromatic carbocycles. The molecular weight excluding hydrogens is 258 g/mol. The lowest BCUT2D eigenvalue weighted by molar-refractivity contribution is -0.128. The van der Waals surface area contributed by atoms with Crippen molar-refractivity contribution >= 4 is 17.4 Å². The van der Waals surface area contributed by atoms with Crippen LogP contribution in [0, 0.1) is 0 Å². The molecule has 108 valence electrons. The van der Waals surface area contributed by atoms with Crippen LogP contribution in [0.25, 0.3) is 0 Å². The lowest BCUT2D eigenvalue weighted by Crippen LogP contribution is -2.36. The molecule has 0 spiro atoms. The first kappa shape index (κ1) is 14.3. The predicted octanol–water partition coefficient (Wildman–Crippen LogP) is 1.31. The van der Waals surface area contributed by atoms with Crippen molar-refractivity contribution in [1.82, 2.24) is 0 Å². The second kappa shape index (κ2) is 5.92. The van der Waals surface area contributed by atoms with Crippen molar-refractivity contribution in [2.24, 2.45) is 10.9 Å². The molecule has 0 saturated carbocycles. The minimum absolute atomic E-state index is 0.0403. The Morgan fingerprint density at radius 2 is 2.05 bits per heavy atom. The summed E-state index contributed by atoms with van der Waals surface area (Å²) in [6.07, 6.45) is 1.44. The van der Waals surface area contributed by atoms with E-state index in [4.69, 9.17) is 15.7 Å². The number of oxime groups is 1. The van der Waals surface area contributed by atoms with Gasteiger partial charge >= 0.3 is 0 Å². The number of amides is 1. The van der Waals surface area contributed by atoms with Crippen molar-refractivity contribution in [2.45, 2.75) is 32.0 Å². The average molecular weight is 277 g/mol. The molecule has 2 rings (SSSR count). The minimum atomic E-state index is -0.362. The highest BCUT2D eigenvalue weighted by Crippen LogP contribution is 2.23. The third kappa shape index (κ3) is 2.91. The number of nitrogens with two attached hydrogens (primary N) is 1. The molecule has 0 radical (unpaired) electrons. The van der Waals surface area contributed by atoms with E-state index in [0.717, 1.165) is 18.5 Å². The molecule has 1 aliphatic heterocycles. The largest absolute Gasteiger partial charge is 0.409 e. The van der Waals surface area contributed by atoms with Crippen LogP contribution in [-0.4, -0.2) is 36.2 Å². The number of likely N-dealkylation sites (N-methyl/N-ethyl adjacent to an activating group) is 1. The molecule has 6 nitrogen and oxygen atoms in total. The van der Waals surface area contributed by atoms with E-state index in [0.29, 0.717) is 5.56 Å². The Morgan fingerprint density at radius 1 is 1.40 bits per heavy atom. The highest BCUT2D eigenvalue weighted by atomic mass is 16.5. The molecule has 1 heterocycles. The molecule has 1 fully saturated rings. The van der Waals surface area contributed by atoms with E-state index in [1.54, 1.807) is 36.2 Å². The summed E-state index contributed by atoms with van der Waals surface area (Å²) in [5.74, 6) is -0.00984. The number of amidine groups is 1. The highest BCUT2D eigenvalue weighted by Gasteiger charge is 2.30. The van der Waals surface area contributed by atoms with Gasteiger partial charge in [-0.15, -0.1) is 0 Å². The molecule has 0 aliphatic carbocycles. The standard InChI is InChI=1S/C14H19N3O3/c1-9-3-8-12(20-9)14(18)17(2)11-6-4-10(5-7-11)13(15)16-19/h4-7,9,12,19H,3,8H2,1-2H3,(H2,15,16). The van der Waals surface area contributed by atoms with Gasteiger partial charge in [-0.3, -0.25) is 4.79 Å². The zero-order chi connectivity index (χ0) is 14.7. The molecule has 3 N–H and O–H groups in total. The van der Waals surface area contributed by atoms with Gasteiger partial charge in [-0.05, 0) is 44.0 Å². The van der Waals surface area contributed by atoms with Crippen LogP contribution < -0.4 is 10.6 Å². The Balaban J connectivity index is 2.09. The number of rotatable bonds is 3. The summed E-state index contributed by atoms with van der Waals surface area (Å²) in [6, 6.07) is 6.91. The molecule has 1 amide bonds. The Labute approximate surface area is 117 Å². The molecule has 1 saturated heterocycles. The number of hydrogen-bond donors (Lipinski definition) is 2. The Hall–Kier alpha value is -2.08. The van der Waals surface area contributed by atoms with E-state index < -0.39 is 0 Å². The minimum Gasteiger partial charge on any atom is -0.409 e. The van der Waals surface area contributed by atoms with E-state index in [9.17, 15) is 4.79 Å². The quantitative estimate of drug-likeness (QED) is 0.377. The molecule has 1 aromatic rings. The Morgan fingerprint density at radius 3 is 2.55 bits per heavy atom. The zero-order valence-electron chi connectivity index (χ0n) is 11.6. The van der Waals surface area contributed by atoms with E-state index in [2.05, 4.69) is 5.16 Å². The average Bonchev–Trinajstić information content (AvgIpc) is 2.91. The van der Waals surface area contributed by atoms with Crippen LogP contribution in [0.3, 0.4) is 0 Å². The normalized spacial score (nSPS) is 22.8. The smallest absolute Gasteiger partial charge is 0.255 e. The molecule has 6 heteroatoms. The van der Waals surface area contributed by atoms with Gasteiger partial charge in [0.25, 0.3) is 5.91 Å². The molecule has 2 unspecified atom stereocenters. The molecule has 2 atom stereocenters. The number of carbonyl (C=O) groups is 1. The summed E-state index contributed by atoms with van der Waals surface area (Å²) in [4.78, 5) is 13.8. The van der Waals surface area contributed by atoms with Crippen molar-refractivity contribution in [2.75, 3.05) is 11.9 Å². The number of carbonyl (C=O) groups excluding carboxylic acids is 1. The van der Waals surface area contributed by atoms with E-state index in [1.807, 2.05) is 6.92 Å². The van der Waals surface area contributed by atoms with Crippen LogP contribution in [0.5, 0.6) is 0 Å². The van der Waals surface area contributed by atoms with Gasteiger partial charge in [0.2, 0.25) is 0 Å². The van der Waals surface area contributed by atoms with E-state index >= 15 is 0 Å². The summed E-state index contributed by atoms with van der Waals surface area (Å²) in [5.41, 5.74) is 6.84. The van der Waals surface area contributed by atoms with Crippen molar-refractivity contribution in [3.8, 4) is 0 Å². The van der Waals surface area contributed by atoms with Crippen LogP contribution in [0.1, 0.15) is 25.3 Å². The van der Waals surface area contributed by atoms with Gasteiger partial charge in [0.05, 0.1) is 6.10 Å². The summed E-state index contributed by atoms with van der Waals surface area (Å²) >= 11 is 0. The number of benzene rings is 1. The Bertz CT molecular complexity index is 513. The van der Waals surface area contributed by atoms with Crippen LogP contribution in [0.4, 0.5) is 5.69 Å². The van der Waals surface area contributed by atoms with Crippen LogP contribution in [-0.2, 0) is 9.53 Å². The maximum atomic E-state index is 12.3. The maximum Gasteiger partial charge on any atom is 0.255 e. The lowest BCUT2D eigenvalue weighted by Gasteiger charge is -2.21. The first-order valence-electron chi connectivity index (χ1n) is 6.54. The zero-order valence-corrected chi connectivity index (χ0v) is 11.6. The second-order valence-corrected chi connectivity index (χ2v) is 4.94. The number of hydrogen-bond acceptors (Lipinski definition) is 4. The van der Waals surface area contributed by atoms with Gasteiger partial charge in [-0.2, -0.15) is 0 Å². The predicted molar refractivity (Wildman–Crippen MR) is 75.9 cm³/mol. The third-order valence-electron chi connectivity index (χ3n) is 3.50. The van der Waals surface area contributed by atoms with Crippen LogP contribution in [0.15, 0.2) is 29.4 Å². The van der Waals surface area contributed by atoms with E-state index in [1.165, 1.54) is 0 Å². The fourth-order valence-corrected chi connectivity index (χ4v) is 2.24. The monoisotopic (exact) mass is 277 g/mol. The molecule has 0 bridgehead atoms. The molecule has 1 aliphatic rings. The van der Waals surface area contributed by atoms with Gasteiger partial charge in [0.1, 0.15) is 6.10 Å². The van der Waals surface area contributed by atoms with Crippen LogP contribution in [0.2, 0.25) is 0 Å². The SMILES string of the molecule is CC1CCC(C(=O)N(C)c2ccc(/C(N)=N/O)cc2)O1. The van der Waals surface area contributed by atoms with Gasteiger partial charge < -0.3 is 20.6 Å². The molecule has 20 heavy (non-hydrogen) atoms. The summed E-state index contributed by atoms with van der Waals surface area (Å²) in [5, 5.41) is 11.5. The topological polar surface area (TPSA) is 88.2 Å². The summed E-state index contributed by atoms with van der Waals surface area (Å²) < 4.78 is 5.58. The van der Waals surface area contributed by atoms with Crippen molar-refractivity contribution in [3.05, 3.63) is 29.8 Å². The fraction of sp³-hybridized carbons (Fsp3) is 0.429. The first-order valence-corrected chi connectivity index (χ1v) is 6.54. The van der Waals surface area contributed by atoms with Crippen molar-refractivity contribution in [1.29, 1.82) is 0 Å². The summed E-state index contributed by atoms with van der Waals surface area (Å²) in [7, 11) is 1.72. The number of nitrogens with zero attached hydrogens (tertiary/aromatic N) is 2. The first-order chi connectivity index (χ1) is 9.52. The van der Waals surface area contributed by atoms with Gasteiger partial charge in [-0.1, -0.05) is 5.16 Å². The number of ether oxygens (including phenoxy) is 1. The van der Waals surface area contributed by atoms with Crippen molar-refractivity contribution in [3.63, 3.8) is 0 Å². The van der Waals surface area contributed by atoms with Gasteiger partial charge in [-0.25, -0.2) is 0 Å². The van der Waals surface area contributed by atoms with Crippen molar-refractivity contribution < 1.29 is 14.7 Å². The molecule has 0 aromatic heterocycles. The maximum absolute atomic E-state index is 12.3. The van der Waals surface area contributed by atoms with Crippen LogP contribution >= 0.6 is 0 Å². The fourth-order valence-electron chi connectivity index (χ4n) is 2.24.